The van der Waals surface area contributed by atoms with Gasteiger partial charge in [-0.3, -0.25) is 4.90 Å². The average Bonchev–Trinajstić information content (AvgIpc) is 3.30. The smallest absolute Gasteiger partial charge is 0.348 e. The highest BCUT2D eigenvalue weighted by molar-refractivity contribution is 7.20. The molecule has 2 aromatic rings. The van der Waals surface area contributed by atoms with Crippen molar-refractivity contribution in [1.82, 2.24) is 14.9 Å². The lowest BCUT2D eigenvalue weighted by atomic mass is 10.1. The number of hydrogen-bond donors (Lipinski definition) is 0. The minimum atomic E-state index is -0.257. The molecule has 2 fully saturated rings. The van der Waals surface area contributed by atoms with Crippen molar-refractivity contribution in [2.75, 3.05) is 37.7 Å². The molecule has 6 nitrogen and oxygen atoms in total. The largest absolute Gasteiger partial charge is 0.462 e. The van der Waals surface area contributed by atoms with Gasteiger partial charge in [0.2, 0.25) is 0 Å². The lowest BCUT2D eigenvalue weighted by Crippen LogP contribution is -2.50. The Hall–Kier alpha value is -1.73. The second-order valence-corrected chi connectivity index (χ2v) is 8.51. The lowest BCUT2D eigenvalue weighted by molar-refractivity contribution is 0.0531. The van der Waals surface area contributed by atoms with Crippen molar-refractivity contribution in [3.63, 3.8) is 0 Å². The number of hydrogen-bond acceptors (Lipinski definition) is 7. The van der Waals surface area contributed by atoms with E-state index < -0.39 is 0 Å². The molecule has 2 aromatic heterocycles. The summed E-state index contributed by atoms with van der Waals surface area (Å²) in [6.45, 7) is 10.3. The van der Waals surface area contributed by atoms with E-state index in [1.807, 2.05) is 20.8 Å². The van der Waals surface area contributed by atoms with E-state index in [-0.39, 0.29) is 5.97 Å². The number of carbonyl (C=O) groups is 1. The Morgan fingerprint density at radius 2 is 1.85 bits per heavy atom. The molecule has 3 heterocycles. The molecule has 7 heteroatoms. The van der Waals surface area contributed by atoms with E-state index in [1.165, 1.54) is 37.0 Å². The SMILES string of the molecule is CCOC(=O)c1sc2nc(C)nc(N3CCN(C4CCCC4)CC3)c2c1C. The highest BCUT2D eigenvalue weighted by Gasteiger charge is 2.29. The zero-order valence-electron chi connectivity index (χ0n) is 16.5. The number of carbonyl (C=O) groups excluding carboxylic acids is 1. The minimum absolute atomic E-state index is 0.257. The molecule has 2 aliphatic rings. The molecule has 0 amide bonds. The average molecular weight is 389 g/mol. The van der Waals surface area contributed by atoms with Gasteiger partial charge >= 0.3 is 5.97 Å². The molecule has 0 spiro atoms. The second-order valence-electron chi connectivity index (χ2n) is 7.51. The molecule has 0 N–H and O–H groups in total. The third kappa shape index (κ3) is 3.55. The van der Waals surface area contributed by atoms with E-state index in [0.717, 1.165) is 59.6 Å². The van der Waals surface area contributed by atoms with Crippen molar-refractivity contribution >= 4 is 33.3 Å². The summed E-state index contributed by atoms with van der Waals surface area (Å²) in [6.07, 6.45) is 5.45. The van der Waals surface area contributed by atoms with Crippen molar-refractivity contribution in [3.8, 4) is 0 Å². The van der Waals surface area contributed by atoms with Crippen LogP contribution in [0.5, 0.6) is 0 Å². The van der Waals surface area contributed by atoms with Crippen LogP contribution in [0, 0.1) is 13.8 Å². The Morgan fingerprint density at radius 1 is 1.15 bits per heavy atom. The van der Waals surface area contributed by atoms with Crippen molar-refractivity contribution in [1.29, 1.82) is 0 Å². The van der Waals surface area contributed by atoms with Crippen LogP contribution in [-0.2, 0) is 4.74 Å². The molecule has 146 valence electrons. The van der Waals surface area contributed by atoms with E-state index in [9.17, 15) is 4.79 Å². The quantitative estimate of drug-likeness (QED) is 0.747. The molecule has 1 saturated heterocycles. The first-order chi connectivity index (χ1) is 13.1. The highest BCUT2D eigenvalue weighted by atomic mass is 32.1. The number of ether oxygens (including phenoxy) is 1. The fraction of sp³-hybridized carbons (Fsp3) is 0.650. The number of aromatic nitrogens is 2. The van der Waals surface area contributed by atoms with Crippen LogP contribution in [0.4, 0.5) is 5.82 Å². The summed E-state index contributed by atoms with van der Waals surface area (Å²) in [6, 6.07) is 0.776. The molecule has 4 rings (SSSR count). The van der Waals surface area contributed by atoms with Crippen LogP contribution in [0.25, 0.3) is 10.2 Å². The Bertz CT molecular complexity index is 836. The first kappa shape index (κ1) is 18.6. The van der Waals surface area contributed by atoms with Gasteiger partial charge in [-0.2, -0.15) is 0 Å². The normalized spacial score (nSPS) is 19.1. The molecular formula is C20H28N4O2S. The van der Waals surface area contributed by atoms with Crippen LogP contribution >= 0.6 is 11.3 Å². The van der Waals surface area contributed by atoms with Crippen molar-refractivity contribution in [3.05, 3.63) is 16.3 Å². The Balaban J connectivity index is 1.62. The predicted molar refractivity (Wildman–Crippen MR) is 109 cm³/mol. The number of rotatable bonds is 4. The zero-order chi connectivity index (χ0) is 19.0. The standard InChI is InChI=1S/C20H28N4O2S/c1-4-26-20(25)17-13(2)16-18(21-14(3)22-19(16)27-17)24-11-9-23(10-12-24)15-7-5-6-8-15/h15H,4-12H2,1-3H3. The number of fused-ring (bicyclic) bond motifs is 1. The number of nitrogens with zero attached hydrogens (tertiary/aromatic N) is 4. The van der Waals surface area contributed by atoms with Gasteiger partial charge in [0.25, 0.3) is 0 Å². The molecule has 0 radical (unpaired) electrons. The summed E-state index contributed by atoms with van der Waals surface area (Å²) in [5.41, 5.74) is 0.946. The molecule has 1 aliphatic heterocycles. The maximum Gasteiger partial charge on any atom is 0.348 e. The Kier molecular flexibility index (Phi) is 5.32. The van der Waals surface area contributed by atoms with Crippen molar-refractivity contribution in [2.24, 2.45) is 0 Å². The van der Waals surface area contributed by atoms with Crippen LogP contribution in [-0.4, -0.2) is 59.7 Å². The third-order valence-electron chi connectivity index (χ3n) is 5.80. The number of piperazine rings is 1. The number of anilines is 1. The maximum atomic E-state index is 12.3. The van der Waals surface area contributed by atoms with Gasteiger partial charge in [0.1, 0.15) is 21.3 Å². The Morgan fingerprint density at radius 3 is 2.52 bits per heavy atom. The van der Waals surface area contributed by atoms with Gasteiger partial charge in [-0.15, -0.1) is 11.3 Å². The highest BCUT2D eigenvalue weighted by Crippen LogP contribution is 2.36. The van der Waals surface area contributed by atoms with Gasteiger partial charge < -0.3 is 9.64 Å². The van der Waals surface area contributed by atoms with Crippen LogP contribution in [0.1, 0.15) is 53.7 Å². The summed E-state index contributed by atoms with van der Waals surface area (Å²) < 4.78 is 5.23. The van der Waals surface area contributed by atoms with Crippen molar-refractivity contribution in [2.45, 2.75) is 52.5 Å². The summed E-state index contributed by atoms with van der Waals surface area (Å²) in [5.74, 6) is 1.48. The van der Waals surface area contributed by atoms with Crippen LogP contribution in [0.15, 0.2) is 0 Å². The molecule has 0 bridgehead atoms. The van der Waals surface area contributed by atoms with Crippen LogP contribution < -0.4 is 4.90 Å². The Labute approximate surface area is 164 Å². The monoisotopic (exact) mass is 388 g/mol. The van der Waals surface area contributed by atoms with Gasteiger partial charge in [-0.05, 0) is 39.2 Å². The third-order valence-corrected chi connectivity index (χ3v) is 6.96. The lowest BCUT2D eigenvalue weighted by Gasteiger charge is -2.38. The minimum Gasteiger partial charge on any atom is -0.462 e. The molecule has 1 aliphatic carbocycles. The first-order valence-electron chi connectivity index (χ1n) is 10.0. The summed E-state index contributed by atoms with van der Waals surface area (Å²) in [7, 11) is 0. The van der Waals surface area contributed by atoms with Gasteiger partial charge in [-0.1, -0.05) is 12.8 Å². The summed E-state index contributed by atoms with van der Waals surface area (Å²) in [5, 5.41) is 1.02. The zero-order valence-corrected chi connectivity index (χ0v) is 17.3. The molecular weight excluding hydrogens is 360 g/mol. The second kappa shape index (κ2) is 7.72. The van der Waals surface area contributed by atoms with Crippen molar-refractivity contribution < 1.29 is 9.53 Å². The fourth-order valence-electron chi connectivity index (χ4n) is 4.41. The van der Waals surface area contributed by atoms with Crippen LogP contribution in [0.3, 0.4) is 0 Å². The van der Waals surface area contributed by atoms with Crippen LogP contribution in [0.2, 0.25) is 0 Å². The molecule has 0 unspecified atom stereocenters. The van der Waals surface area contributed by atoms with Gasteiger partial charge in [-0.25, -0.2) is 14.8 Å². The summed E-state index contributed by atoms with van der Waals surface area (Å²) in [4.78, 5) is 28.3. The first-order valence-corrected chi connectivity index (χ1v) is 10.8. The van der Waals surface area contributed by atoms with Gasteiger partial charge in [0.05, 0.1) is 12.0 Å². The molecule has 27 heavy (non-hydrogen) atoms. The number of thiophene rings is 1. The fourth-order valence-corrected chi connectivity index (χ4v) is 5.52. The molecule has 1 saturated carbocycles. The van der Waals surface area contributed by atoms with E-state index in [2.05, 4.69) is 14.8 Å². The van der Waals surface area contributed by atoms with E-state index in [4.69, 9.17) is 9.72 Å². The van der Waals surface area contributed by atoms with Gasteiger partial charge in [0.15, 0.2) is 0 Å². The van der Waals surface area contributed by atoms with E-state index >= 15 is 0 Å². The predicted octanol–water partition coefficient (Wildman–Crippen LogP) is 3.55. The number of esters is 1. The molecule has 0 atom stereocenters. The maximum absolute atomic E-state index is 12.3. The van der Waals surface area contributed by atoms with Gasteiger partial charge in [0, 0.05) is 32.2 Å². The van der Waals surface area contributed by atoms with E-state index in [0.29, 0.717) is 11.5 Å². The van der Waals surface area contributed by atoms with E-state index in [1.54, 1.807) is 0 Å². The molecule has 0 aromatic carbocycles. The topological polar surface area (TPSA) is 58.6 Å². The number of aryl methyl sites for hydroxylation is 2. The summed E-state index contributed by atoms with van der Waals surface area (Å²) >= 11 is 1.42.